The normalized spacial score (nSPS) is 12.4. The molecule has 0 aromatic heterocycles. The molecule has 0 aliphatic carbocycles. The van der Waals surface area contributed by atoms with Crippen LogP contribution in [0.5, 0.6) is 0 Å². The van der Waals surface area contributed by atoms with E-state index in [1.54, 1.807) is 0 Å². The summed E-state index contributed by atoms with van der Waals surface area (Å²) >= 11 is 0. The van der Waals surface area contributed by atoms with E-state index in [4.69, 9.17) is 10.8 Å². The highest BCUT2D eigenvalue weighted by molar-refractivity contribution is 5.97. The number of hydrogen-bond donors (Lipinski definition) is 3. The summed E-state index contributed by atoms with van der Waals surface area (Å²) in [7, 11) is 0. The van der Waals surface area contributed by atoms with Gasteiger partial charge in [-0.05, 0) is 22.9 Å². The average molecular weight is 230 g/mol. The van der Waals surface area contributed by atoms with E-state index >= 15 is 0 Å². The molecule has 2 aromatic carbocycles. The lowest BCUT2D eigenvalue weighted by Gasteiger charge is -2.10. The first kappa shape index (κ1) is 11.6. The highest BCUT2D eigenvalue weighted by Gasteiger charge is 2.11. The standard InChI is InChI=1S/C13H14N2O2/c14-12(8-16)13(17)15-11-6-5-9-3-1-2-4-10(9)7-11/h1-7,12,16H,8,14H2,(H,15,17)/t12-/m1/s1. The van der Waals surface area contributed by atoms with Gasteiger partial charge in [-0.25, -0.2) is 0 Å². The SMILES string of the molecule is N[C@H](CO)C(=O)Nc1ccc2ccccc2c1. The fourth-order valence-corrected chi connectivity index (χ4v) is 1.58. The van der Waals surface area contributed by atoms with Crippen molar-refractivity contribution in [3.8, 4) is 0 Å². The number of aliphatic hydroxyl groups excluding tert-OH is 1. The van der Waals surface area contributed by atoms with Crippen LogP contribution in [-0.2, 0) is 4.79 Å². The molecule has 0 saturated carbocycles. The number of nitrogens with one attached hydrogen (secondary N) is 1. The van der Waals surface area contributed by atoms with Gasteiger partial charge in [0.15, 0.2) is 0 Å². The van der Waals surface area contributed by atoms with Gasteiger partial charge in [0.25, 0.3) is 0 Å². The third-order valence-electron chi connectivity index (χ3n) is 2.55. The molecule has 0 heterocycles. The Bertz CT molecular complexity index is 540. The molecule has 4 N–H and O–H groups in total. The lowest BCUT2D eigenvalue weighted by Crippen LogP contribution is -2.38. The van der Waals surface area contributed by atoms with E-state index in [1.807, 2.05) is 42.5 Å². The number of anilines is 1. The molecule has 2 rings (SSSR count). The number of nitrogens with two attached hydrogens (primary N) is 1. The number of carbonyl (C=O) groups excluding carboxylic acids is 1. The van der Waals surface area contributed by atoms with Crippen molar-refractivity contribution in [2.75, 3.05) is 11.9 Å². The van der Waals surface area contributed by atoms with Crippen LogP contribution in [0.1, 0.15) is 0 Å². The molecule has 4 heteroatoms. The molecule has 88 valence electrons. The largest absolute Gasteiger partial charge is 0.394 e. The number of fused-ring (bicyclic) bond motifs is 1. The Hall–Kier alpha value is -1.91. The zero-order valence-corrected chi connectivity index (χ0v) is 9.26. The lowest BCUT2D eigenvalue weighted by molar-refractivity contribution is -0.118. The van der Waals surface area contributed by atoms with Crippen LogP contribution in [-0.4, -0.2) is 23.7 Å². The number of aliphatic hydroxyl groups is 1. The Kier molecular flexibility index (Phi) is 3.37. The molecule has 4 nitrogen and oxygen atoms in total. The predicted molar refractivity (Wildman–Crippen MR) is 67.6 cm³/mol. The van der Waals surface area contributed by atoms with Crippen molar-refractivity contribution in [1.29, 1.82) is 0 Å². The minimum absolute atomic E-state index is 0.362. The maximum Gasteiger partial charge on any atom is 0.243 e. The fourth-order valence-electron chi connectivity index (χ4n) is 1.58. The summed E-state index contributed by atoms with van der Waals surface area (Å²) in [4.78, 5) is 11.5. The molecule has 0 fully saturated rings. The predicted octanol–water partition coefficient (Wildman–Crippen LogP) is 1.10. The van der Waals surface area contributed by atoms with Crippen molar-refractivity contribution >= 4 is 22.4 Å². The first-order valence-corrected chi connectivity index (χ1v) is 5.37. The van der Waals surface area contributed by atoms with Gasteiger partial charge >= 0.3 is 0 Å². The van der Waals surface area contributed by atoms with Gasteiger partial charge in [-0.2, -0.15) is 0 Å². The first-order chi connectivity index (χ1) is 8.20. The molecular formula is C13H14N2O2. The Labute approximate surface area is 99.1 Å². The third-order valence-corrected chi connectivity index (χ3v) is 2.55. The van der Waals surface area contributed by atoms with E-state index in [-0.39, 0.29) is 12.5 Å². The minimum Gasteiger partial charge on any atom is -0.394 e. The van der Waals surface area contributed by atoms with E-state index in [9.17, 15) is 4.79 Å². The van der Waals surface area contributed by atoms with Gasteiger partial charge in [0.05, 0.1) is 6.61 Å². The number of hydrogen-bond acceptors (Lipinski definition) is 3. The van der Waals surface area contributed by atoms with Gasteiger partial charge in [0, 0.05) is 5.69 Å². The van der Waals surface area contributed by atoms with Gasteiger partial charge < -0.3 is 16.2 Å². The molecule has 0 radical (unpaired) electrons. The van der Waals surface area contributed by atoms with Gasteiger partial charge in [-0.3, -0.25) is 4.79 Å². The fraction of sp³-hybridized carbons (Fsp3) is 0.154. The summed E-state index contributed by atoms with van der Waals surface area (Å²) in [6.45, 7) is -0.362. The van der Waals surface area contributed by atoms with E-state index in [2.05, 4.69) is 5.32 Å². The van der Waals surface area contributed by atoms with Crippen molar-refractivity contribution in [1.82, 2.24) is 0 Å². The number of amides is 1. The quantitative estimate of drug-likeness (QED) is 0.739. The number of rotatable bonds is 3. The Morgan fingerprint density at radius 1 is 1.24 bits per heavy atom. The zero-order chi connectivity index (χ0) is 12.3. The Morgan fingerprint density at radius 3 is 2.65 bits per heavy atom. The molecule has 2 aromatic rings. The summed E-state index contributed by atoms with van der Waals surface area (Å²) in [6.07, 6.45) is 0. The molecule has 0 unspecified atom stereocenters. The molecule has 0 saturated heterocycles. The summed E-state index contributed by atoms with van der Waals surface area (Å²) < 4.78 is 0. The lowest BCUT2D eigenvalue weighted by atomic mass is 10.1. The van der Waals surface area contributed by atoms with Gasteiger partial charge in [-0.15, -0.1) is 0 Å². The van der Waals surface area contributed by atoms with Crippen LogP contribution in [0.3, 0.4) is 0 Å². The number of carbonyl (C=O) groups is 1. The monoisotopic (exact) mass is 230 g/mol. The molecule has 0 aliphatic rings. The third kappa shape index (κ3) is 2.61. The molecule has 17 heavy (non-hydrogen) atoms. The average Bonchev–Trinajstić information content (AvgIpc) is 2.37. The van der Waals surface area contributed by atoms with Crippen LogP contribution in [0.2, 0.25) is 0 Å². The van der Waals surface area contributed by atoms with E-state index in [0.717, 1.165) is 10.8 Å². The van der Waals surface area contributed by atoms with Crippen LogP contribution in [0.15, 0.2) is 42.5 Å². The molecule has 1 amide bonds. The van der Waals surface area contributed by atoms with Crippen molar-refractivity contribution < 1.29 is 9.90 Å². The van der Waals surface area contributed by atoms with Crippen LogP contribution < -0.4 is 11.1 Å². The van der Waals surface area contributed by atoms with E-state index in [0.29, 0.717) is 5.69 Å². The van der Waals surface area contributed by atoms with Crippen molar-refractivity contribution in [2.45, 2.75) is 6.04 Å². The number of benzene rings is 2. The molecule has 0 bridgehead atoms. The second-order valence-corrected chi connectivity index (χ2v) is 3.84. The molecular weight excluding hydrogens is 216 g/mol. The molecule has 0 spiro atoms. The van der Waals surface area contributed by atoms with Crippen LogP contribution >= 0.6 is 0 Å². The van der Waals surface area contributed by atoms with Crippen LogP contribution in [0.25, 0.3) is 10.8 Å². The summed E-state index contributed by atoms with van der Waals surface area (Å²) in [5, 5.41) is 13.6. The second kappa shape index (κ2) is 4.95. The smallest absolute Gasteiger partial charge is 0.243 e. The zero-order valence-electron chi connectivity index (χ0n) is 9.26. The highest BCUT2D eigenvalue weighted by Crippen LogP contribution is 2.18. The van der Waals surface area contributed by atoms with Crippen molar-refractivity contribution in [3.63, 3.8) is 0 Å². The van der Waals surface area contributed by atoms with Crippen molar-refractivity contribution in [2.24, 2.45) is 5.73 Å². The highest BCUT2D eigenvalue weighted by atomic mass is 16.3. The van der Waals surface area contributed by atoms with Gasteiger partial charge in [0.1, 0.15) is 6.04 Å². The van der Waals surface area contributed by atoms with Gasteiger partial charge in [0.2, 0.25) is 5.91 Å². The summed E-state index contributed by atoms with van der Waals surface area (Å²) in [6, 6.07) is 12.6. The van der Waals surface area contributed by atoms with E-state index < -0.39 is 6.04 Å². The van der Waals surface area contributed by atoms with Gasteiger partial charge in [-0.1, -0.05) is 30.3 Å². The Balaban J connectivity index is 2.22. The van der Waals surface area contributed by atoms with Crippen molar-refractivity contribution in [3.05, 3.63) is 42.5 Å². The first-order valence-electron chi connectivity index (χ1n) is 5.37. The maximum absolute atomic E-state index is 11.5. The maximum atomic E-state index is 11.5. The van der Waals surface area contributed by atoms with E-state index in [1.165, 1.54) is 0 Å². The second-order valence-electron chi connectivity index (χ2n) is 3.84. The van der Waals surface area contributed by atoms with Crippen LogP contribution in [0, 0.1) is 0 Å². The summed E-state index contributed by atoms with van der Waals surface area (Å²) in [5.41, 5.74) is 6.09. The van der Waals surface area contributed by atoms with Crippen LogP contribution in [0.4, 0.5) is 5.69 Å². The topological polar surface area (TPSA) is 75.3 Å². The summed E-state index contributed by atoms with van der Waals surface area (Å²) in [5.74, 6) is -0.386. The molecule has 1 atom stereocenters. The Morgan fingerprint density at radius 2 is 1.94 bits per heavy atom. The minimum atomic E-state index is -0.888. The molecule has 0 aliphatic heterocycles.